The minimum atomic E-state index is -0.771. The minimum absolute atomic E-state index is 0.000765. The Morgan fingerprint density at radius 2 is 2.00 bits per heavy atom. The van der Waals surface area contributed by atoms with Gasteiger partial charge in [0.05, 0.1) is 11.6 Å². The number of anilines is 1. The Morgan fingerprint density at radius 1 is 1.28 bits per heavy atom. The fourth-order valence-corrected chi connectivity index (χ4v) is 2.30. The third-order valence-corrected chi connectivity index (χ3v) is 3.35. The molecule has 0 saturated heterocycles. The lowest BCUT2D eigenvalue weighted by molar-refractivity contribution is -0.121. The van der Waals surface area contributed by atoms with Gasteiger partial charge in [0.1, 0.15) is 11.6 Å². The maximum atomic E-state index is 13.4. The summed E-state index contributed by atoms with van der Waals surface area (Å²) in [4.78, 5) is 12.0. The Kier molecular flexibility index (Phi) is 3.91. The van der Waals surface area contributed by atoms with E-state index in [1.165, 1.54) is 6.07 Å². The first-order valence-electron chi connectivity index (χ1n) is 6.09. The summed E-state index contributed by atoms with van der Waals surface area (Å²) in [5.41, 5.74) is 5.88. The molecule has 1 aromatic carbocycles. The van der Waals surface area contributed by atoms with E-state index < -0.39 is 11.6 Å². The highest BCUT2D eigenvalue weighted by molar-refractivity contribution is 5.93. The molecule has 0 aliphatic heterocycles. The van der Waals surface area contributed by atoms with Gasteiger partial charge >= 0.3 is 0 Å². The van der Waals surface area contributed by atoms with Crippen molar-refractivity contribution in [2.45, 2.75) is 31.7 Å². The van der Waals surface area contributed by atoms with Crippen molar-refractivity contribution in [3.63, 3.8) is 0 Å². The zero-order chi connectivity index (χ0) is 13.1. The van der Waals surface area contributed by atoms with E-state index in [2.05, 4.69) is 5.32 Å². The Hall–Kier alpha value is -1.49. The highest BCUT2D eigenvalue weighted by Crippen LogP contribution is 2.25. The number of hydrogen-bond acceptors (Lipinski definition) is 2. The fraction of sp³-hybridized carbons (Fsp3) is 0.462. The number of nitrogens with two attached hydrogens (primary N) is 1. The maximum absolute atomic E-state index is 13.4. The van der Waals surface area contributed by atoms with Gasteiger partial charge in [0, 0.05) is 12.1 Å². The number of halogens is 2. The molecule has 2 unspecified atom stereocenters. The summed E-state index contributed by atoms with van der Waals surface area (Å²) in [6.07, 6.45) is 3.51. The standard InChI is InChI=1S/C13H16F2N2O/c14-8-5-6-12(10(15)7-8)17-13(18)9-3-1-2-4-11(9)16/h5-7,9,11H,1-4,16H2,(H,17,18). The quantitative estimate of drug-likeness (QED) is 0.851. The predicted molar refractivity (Wildman–Crippen MR) is 64.9 cm³/mol. The smallest absolute Gasteiger partial charge is 0.229 e. The summed E-state index contributed by atoms with van der Waals surface area (Å²) in [7, 11) is 0. The van der Waals surface area contributed by atoms with Crippen molar-refractivity contribution in [1.29, 1.82) is 0 Å². The highest BCUT2D eigenvalue weighted by Gasteiger charge is 2.28. The molecule has 0 aromatic heterocycles. The van der Waals surface area contributed by atoms with Gasteiger partial charge in [-0.25, -0.2) is 8.78 Å². The van der Waals surface area contributed by atoms with Crippen LogP contribution in [0.2, 0.25) is 0 Å². The van der Waals surface area contributed by atoms with Crippen LogP contribution in [0.3, 0.4) is 0 Å². The second kappa shape index (κ2) is 5.44. The first-order chi connectivity index (χ1) is 8.58. The molecule has 98 valence electrons. The molecule has 1 fully saturated rings. The first kappa shape index (κ1) is 13.0. The average Bonchev–Trinajstić information content (AvgIpc) is 2.33. The first-order valence-corrected chi connectivity index (χ1v) is 6.09. The third kappa shape index (κ3) is 2.85. The van der Waals surface area contributed by atoms with Crippen molar-refractivity contribution in [3.8, 4) is 0 Å². The normalized spacial score (nSPS) is 23.7. The molecule has 0 spiro atoms. The molecule has 1 aromatic rings. The van der Waals surface area contributed by atoms with Gasteiger partial charge in [0.15, 0.2) is 0 Å². The molecular formula is C13H16F2N2O. The van der Waals surface area contributed by atoms with Gasteiger partial charge in [-0.3, -0.25) is 4.79 Å². The zero-order valence-corrected chi connectivity index (χ0v) is 9.96. The molecule has 0 bridgehead atoms. The van der Waals surface area contributed by atoms with E-state index in [1.807, 2.05) is 0 Å². The molecule has 0 radical (unpaired) electrons. The van der Waals surface area contributed by atoms with Gasteiger partial charge in [-0.2, -0.15) is 0 Å². The number of carbonyl (C=O) groups is 1. The Bertz CT molecular complexity index is 451. The van der Waals surface area contributed by atoms with E-state index in [4.69, 9.17) is 5.73 Å². The summed E-state index contributed by atoms with van der Waals surface area (Å²) in [6, 6.07) is 2.90. The van der Waals surface area contributed by atoms with Crippen molar-refractivity contribution >= 4 is 11.6 Å². The average molecular weight is 254 g/mol. The van der Waals surface area contributed by atoms with Crippen LogP contribution in [-0.2, 0) is 4.79 Å². The lowest BCUT2D eigenvalue weighted by Gasteiger charge is -2.27. The number of carbonyl (C=O) groups excluding carboxylic acids is 1. The number of hydrogen-bond donors (Lipinski definition) is 2. The van der Waals surface area contributed by atoms with E-state index in [0.717, 1.165) is 37.8 Å². The molecule has 2 atom stereocenters. The zero-order valence-electron chi connectivity index (χ0n) is 9.96. The molecule has 18 heavy (non-hydrogen) atoms. The molecule has 1 amide bonds. The van der Waals surface area contributed by atoms with E-state index in [1.54, 1.807) is 0 Å². The fourth-order valence-electron chi connectivity index (χ4n) is 2.30. The predicted octanol–water partition coefficient (Wildman–Crippen LogP) is 2.42. The Labute approximate surface area is 104 Å². The summed E-state index contributed by atoms with van der Waals surface area (Å²) >= 11 is 0. The number of rotatable bonds is 2. The van der Waals surface area contributed by atoms with E-state index in [9.17, 15) is 13.6 Å². The maximum Gasteiger partial charge on any atom is 0.229 e. The van der Waals surface area contributed by atoms with Crippen molar-refractivity contribution in [2.24, 2.45) is 11.7 Å². The molecule has 3 nitrogen and oxygen atoms in total. The summed E-state index contributed by atoms with van der Waals surface area (Å²) in [5, 5.41) is 2.48. The third-order valence-electron chi connectivity index (χ3n) is 3.35. The van der Waals surface area contributed by atoms with Gasteiger partial charge in [-0.05, 0) is 25.0 Å². The second-order valence-electron chi connectivity index (χ2n) is 4.67. The largest absolute Gasteiger partial charge is 0.327 e. The van der Waals surface area contributed by atoms with Crippen LogP contribution < -0.4 is 11.1 Å². The van der Waals surface area contributed by atoms with Crippen LogP contribution in [0.4, 0.5) is 14.5 Å². The Morgan fingerprint density at radius 3 is 2.67 bits per heavy atom. The van der Waals surface area contributed by atoms with Crippen LogP contribution >= 0.6 is 0 Å². The molecule has 1 aliphatic rings. The van der Waals surface area contributed by atoms with E-state index in [-0.39, 0.29) is 23.6 Å². The van der Waals surface area contributed by atoms with Crippen LogP contribution in [0.1, 0.15) is 25.7 Å². The molecule has 5 heteroatoms. The highest BCUT2D eigenvalue weighted by atomic mass is 19.1. The van der Waals surface area contributed by atoms with Crippen molar-refractivity contribution in [1.82, 2.24) is 0 Å². The Balaban J connectivity index is 2.06. The molecular weight excluding hydrogens is 238 g/mol. The minimum Gasteiger partial charge on any atom is -0.327 e. The number of nitrogens with one attached hydrogen (secondary N) is 1. The van der Waals surface area contributed by atoms with Crippen LogP contribution in [0.5, 0.6) is 0 Å². The van der Waals surface area contributed by atoms with Crippen molar-refractivity contribution < 1.29 is 13.6 Å². The number of benzene rings is 1. The van der Waals surface area contributed by atoms with Gasteiger partial charge in [-0.1, -0.05) is 12.8 Å². The molecule has 1 saturated carbocycles. The lowest BCUT2D eigenvalue weighted by Crippen LogP contribution is -2.40. The van der Waals surface area contributed by atoms with Crippen LogP contribution in [0.25, 0.3) is 0 Å². The van der Waals surface area contributed by atoms with Crippen molar-refractivity contribution in [3.05, 3.63) is 29.8 Å². The van der Waals surface area contributed by atoms with Gasteiger partial charge in [-0.15, -0.1) is 0 Å². The monoisotopic (exact) mass is 254 g/mol. The van der Waals surface area contributed by atoms with Gasteiger partial charge in [0.25, 0.3) is 0 Å². The SMILES string of the molecule is NC1CCCCC1C(=O)Nc1ccc(F)cc1F. The lowest BCUT2D eigenvalue weighted by atomic mass is 9.84. The number of amides is 1. The van der Waals surface area contributed by atoms with E-state index in [0.29, 0.717) is 0 Å². The molecule has 2 rings (SSSR count). The summed E-state index contributed by atoms with van der Waals surface area (Å²) in [6.45, 7) is 0. The van der Waals surface area contributed by atoms with Crippen LogP contribution in [0, 0.1) is 17.6 Å². The molecule has 3 N–H and O–H groups in total. The molecule has 1 aliphatic carbocycles. The van der Waals surface area contributed by atoms with Crippen molar-refractivity contribution in [2.75, 3.05) is 5.32 Å². The van der Waals surface area contributed by atoms with Crippen LogP contribution in [-0.4, -0.2) is 11.9 Å². The van der Waals surface area contributed by atoms with E-state index >= 15 is 0 Å². The van der Waals surface area contributed by atoms with Crippen LogP contribution in [0.15, 0.2) is 18.2 Å². The topological polar surface area (TPSA) is 55.1 Å². The van der Waals surface area contributed by atoms with Gasteiger partial charge in [0.2, 0.25) is 5.91 Å². The van der Waals surface area contributed by atoms with Gasteiger partial charge < -0.3 is 11.1 Å². The summed E-state index contributed by atoms with van der Waals surface area (Å²) in [5.74, 6) is -2.01. The molecule has 0 heterocycles. The second-order valence-corrected chi connectivity index (χ2v) is 4.67. The summed E-state index contributed by atoms with van der Waals surface area (Å²) < 4.78 is 26.1.